The van der Waals surface area contributed by atoms with Crippen LogP contribution in [0.25, 0.3) is 0 Å². The Bertz CT molecular complexity index is 356. The van der Waals surface area contributed by atoms with Gasteiger partial charge in [0.15, 0.2) is 0 Å². The maximum Gasteiger partial charge on any atom is 0.0243 e. The summed E-state index contributed by atoms with van der Waals surface area (Å²) in [5.41, 5.74) is 4.06. The first kappa shape index (κ1) is 12.7. The molecule has 0 fully saturated rings. The Morgan fingerprint density at radius 3 is 2.31 bits per heavy atom. The minimum atomic E-state index is 0.902. The highest BCUT2D eigenvalue weighted by molar-refractivity contribution is 5.30. The molecule has 0 aliphatic heterocycles. The van der Waals surface area contributed by atoms with Crippen LogP contribution in [0.15, 0.2) is 43.5 Å². The molecule has 0 aromatic heterocycles. The van der Waals surface area contributed by atoms with Crippen molar-refractivity contribution in [2.24, 2.45) is 0 Å². The van der Waals surface area contributed by atoms with Gasteiger partial charge in [-0.05, 0) is 25.0 Å². The molecule has 86 valence electrons. The lowest BCUT2D eigenvalue weighted by Gasteiger charge is -2.20. The SMILES string of the molecule is C=CCN(CC=C)Cc1cc(C)ccc1C. The zero-order chi connectivity index (χ0) is 12.0. The molecule has 0 N–H and O–H groups in total. The van der Waals surface area contributed by atoms with Crippen LogP contribution in [0.4, 0.5) is 0 Å². The Labute approximate surface area is 99.1 Å². The highest BCUT2D eigenvalue weighted by Gasteiger charge is 2.04. The molecule has 0 saturated heterocycles. The lowest BCUT2D eigenvalue weighted by Crippen LogP contribution is -2.23. The maximum atomic E-state index is 3.79. The first-order valence-corrected chi connectivity index (χ1v) is 5.67. The van der Waals surface area contributed by atoms with E-state index in [4.69, 9.17) is 0 Å². The molecule has 0 saturated carbocycles. The summed E-state index contributed by atoms with van der Waals surface area (Å²) in [6, 6.07) is 6.60. The van der Waals surface area contributed by atoms with Gasteiger partial charge in [-0.15, -0.1) is 13.2 Å². The van der Waals surface area contributed by atoms with Crippen molar-refractivity contribution >= 4 is 0 Å². The summed E-state index contributed by atoms with van der Waals surface area (Å²) in [6.45, 7) is 14.6. The fraction of sp³-hybridized carbons (Fsp3) is 0.333. The molecule has 0 heterocycles. The number of hydrogen-bond donors (Lipinski definition) is 0. The number of nitrogens with zero attached hydrogens (tertiary/aromatic N) is 1. The van der Waals surface area contributed by atoms with Crippen LogP contribution in [-0.4, -0.2) is 18.0 Å². The second-order valence-corrected chi connectivity index (χ2v) is 4.20. The average molecular weight is 215 g/mol. The zero-order valence-electron chi connectivity index (χ0n) is 10.4. The van der Waals surface area contributed by atoms with Gasteiger partial charge in [-0.2, -0.15) is 0 Å². The van der Waals surface area contributed by atoms with E-state index < -0.39 is 0 Å². The summed E-state index contributed by atoms with van der Waals surface area (Å²) >= 11 is 0. The molecule has 0 unspecified atom stereocenters. The quantitative estimate of drug-likeness (QED) is 0.657. The third-order valence-electron chi connectivity index (χ3n) is 2.67. The zero-order valence-corrected chi connectivity index (χ0v) is 10.4. The predicted octanol–water partition coefficient (Wildman–Crippen LogP) is 3.48. The molecular weight excluding hydrogens is 194 g/mol. The van der Waals surface area contributed by atoms with E-state index in [0.29, 0.717) is 0 Å². The van der Waals surface area contributed by atoms with Crippen LogP contribution in [-0.2, 0) is 6.54 Å². The molecule has 0 aliphatic rings. The fourth-order valence-electron chi connectivity index (χ4n) is 1.78. The summed E-state index contributed by atoms with van der Waals surface area (Å²) < 4.78 is 0. The molecule has 0 amide bonds. The van der Waals surface area contributed by atoms with Crippen LogP contribution in [0, 0.1) is 13.8 Å². The molecule has 16 heavy (non-hydrogen) atoms. The Balaban J connectivity index is 2.79. The van der Waals surface area contributed by atoms with Crippen molar-refractivity contribution in [1.82, 2.24) is 4.90 Å². The van der Waals surface area contributed by atoms with Gasteiger partial charge in [0.1, 0.15) is 0 Å². The topological polar surface area (TPSA) is 3.24 Å². The molecule has 0 atom stereocenters. The molecule has 0 radical (unpaired) electrons. The van der Waals surface area contributed by atoms with Gasteiger partial charge in [-0.3, -0.25) is 4.90 Å². The summed E-state index contributed by atoms with van der Waals surface area (Å²) in [6.07, 6.45) is 3.88. The smallest absolute Gasteiger partial charge is 0.0243 e. The van der Waals surface area contributed by atoms with Crippen molar-refractivity contribution in [3.8, 4) is 0 Å². The second kappa shape index (κ2) is 6.29. The van der Waals surface area contributed by atoms with Gasteiger partial charge in [0.05, 0.1) is 0 Å². The fourth-order valence-corrected chi connectivity index (χ4v) is 1.78. The van der Waals surface area contributed by atoms with Gasteiger partial charge in [0.2, 0.25) is 0 Å². The molecule has 0 spiro atoms. The molecule has 1 rings (SSSR count). The van der Waals surface area contributed by atoms with E-state index in [0.717, 1.165) is 19.6 Å². The van der Waals surface area contributed by atoms with Crippen LogP contribution in [0.5, 0.6) is 0 Å². The summed E-state index contributed by atoms with van der Waals surface area (Å²) in [4.78, 5) is 2.32. The van der Waals surface area contributed by atoms with Gasteiger partial charge < -0.3 is 0 Å². The van der Waals surface area contributed by atoms with Crippen molar-refractivity contribution in [2.75, 3.05) is 13.1 Å². The third-order valence-corrected chi connectivity index (χ3v) is 2.67. The Hall–Kier alpha value is -1.34. The molecule has 1 aromatic rings. The van der Waals surface area contributed by atoms with Crippen molar-refractivity contribution in [3.63, 3.8) is 0 Å². The lowest BCUT2D eigenvalue weighted by atomic mass is 10.1. The highest BCUT2D eigenvalue weighted by Crippen LogP contribution is 2.13. The number of aryl methyl sites for hydroxylation is 2. The second-order valence-electron chi connectivity index (χ2n) is 4.20. The minimum Gasteiger partial charge on any atom is -0.292 e. The van der Waals surface area contributed by atoms with Crippen LogP contribution in [0.2, 0.25) is 0 Å². The first-order chi connectivity index (χ1) is 7.67. The molecule has 0 aliphatic carbocycles. The van der Waals surface area contributed by atoms with E-state index in [1.165, 1.54) is 16.7 Å². The minimum absolute atomic E-state index is 0.902. The molecule has 1 nitrogen and oxygen atoms in total. The monoisotopic (exact) mass is 215 g/mol. The van der Waals surface area contributed by atoms with Gasteiger partial charge in [0.25, 0.3) is 0 Å². The predicted molar refractivity (Wildman–Crippen MR) is 71.6 cm³/mol. The molecular formula is C15H21N. The van der Waals surface area contributed by atoms with Crippen molar-refractivity contribution in [2.45, 2.75) is 20.4 Å². The van der Waals surface area contributed by atoms with Crippen molar-refractivity contribution in [1.29, 1.82) is 0 Å². The van der Waals surface area contributed by atoms with Gasteiger partial charge in [-0.25, -0.2) is 0 Å². The van der Waals surface area contributed by atoms with Crippen LogP contribution in [0.1, 0.15) is 16.7 Å². The Kier molecular flexibility index (Phi) is 5.00. The van der Waals surface area contributed by atoms with E-state index in [2.05, 4.69) is 50.1 Å². The third kappa shape index (κ3) is 3.67. The lowest BCUT2D eigenvalue weighted by molar-refractivity contribution is 0.327. The summed E-state index contributed by atoms with van der Waals surface area (Å²) in [5.74, 6) is 0. The van der Waals surface area contributed by atoms with E-state index >= 15 is 0 Å². The summed E-state index contributed by atoms with van der Waals surface area (Å²) in [7, 11) is 0. The van der Waals surface area contributed by atoms with Crippen LogP contribution < -0.4 is 0 Å². The van der Waals surface area contributed by atoms with Crippen LogP contribution >= 0.6 is 0 Å². The highest BCUT2D eigenvalue weighted by atomic mass is 15.1. The molecule has 0 bridgehead atoms. The van der Waals surface area contributed by atoms with Gasteiger partial charge in [-0.1, -0.05) is 35.9 Å². The number of rotatable bonds is 6. The van der Waals surface area contributed by atoms with E-state index in [-0.39, 0.29) is 0 Å². The van der Waals surface area contributed by atoms with Crippen molar-refractivity contribution < 1.29 is 0 Å². The van der Waals surface area contributed by atoms with Gasteiger partial charge >= 0.3 is 0 Å². The Morgan fingerprint density at radius 2 is 1.75 bits per heavy atom. The summed E-state index contributed by atoms with van der Waals surface area (Å²) in [5, 5.41) is 0. The van der Waals surface area contributed by atoms with Crippen molar-refractivity contribution in [3.05, 3.63) is 60.2 Å². The van der Waals surface area contributed by atoms with E-state index in [1.807, 2.05) is 12.2 Å². The largest absolute Gasteiger partial charge is 0.292 e. The number of hydrogen-bond acceptors (Lipinski definition) is 1. The normalized spacial score (nSPS) is 10.4. The first-order valence-electron chi connectivity index (χ1n) is 5.67. The average Bonchev–Trinajstić information content (AvgIpc) is 2.24. The molecule has 1 aromatic carbocycles. The van der Waals surface area contributed by atoms with E-state index in [1.54, 1.807) is 0 Å². The van der Waals surface area contributed by atoms with Gasteiger partial charge in [0, 0.05) is 19.6 Å². The van der Waals surface area contributed by atoms with E-state index in [9.17, 15) is 0 Å². The standard InChI is InChI=1S/C15H21N/c1-5-9-16(10-6-2)12-15-11-13(3)7-8-14(15)4/h5-8,11H,1-2,9-10,12H2,3-4H3. The molecule has 1 heteroatoms. The van der Waals surface area contributed by atoms with Crippen LogP contribution in [0.3, 0.4) is 0 Å². The number of benzene rings is 1. The Morgan fingerprint density at radius 1 is 1.12 bits per heavy atom. The maximum absolute atomic E-state index is 3.79.